The van der Waals surface area contributed by atoms with E-state index in [1.807, 2.05) is 56.3 Å². The molecular formula is C20H26N2O3. The number of benzene rings is 2. The molecular weight excluding hydrogens is 316 g/mol. The van der Waals surface area contributed by atoms with Gasteiger partial charge in [-0.3, -0.25) is 9.59 Å². The van der Waals surface area contributed by atoms with Crippen molar-refractivity contribution in [3.05, 3.63) is 48.0 Å². The third-order valence-electron chi connectivity index (χ3n) is 4.27. The van der Waals surface area contributed by atoms with Crippen LogP contribution in [0, 0.1) is 5.92 Å². The van der Waals surface area contributed by atoms with Crippen LogP contribution in [-0.2, 0) is 16.0 Å². The Balaban J connectivity index is 1.89. The van der Waals surface area contributed by atoms with Gasteiger partial charge in [0, 0.05) is 12.6 Å². The second-order valence-corrected chi connectivity index (χ2v) is 6.52. The molecule has 0 aliphatic rings. The number of aliphatic hydroxyl groups is 1. The molecule has 0 aliphatic heterocycles. The molecule has 3 N–H and O–H groups in total. The minimum absolute atomic E-state index is 0.0244. The van der Waals surface area contributed by atoms with E-state index in [2.05, 4.69) is 10.6 Å². The summed E-state index contributed by atoms with van der Waals surface area (Å²) < 4.78 is 0. The van der Waals surface area contributed by atoms with Gasteiger partial charge in [-0.05, 0) is 28.7 Å². The predicted octanol–water partition coefficient (Wildman–Crippen LogP) is 2.02. The summed E-state index contributed by atoms with van der Waals surface area (Å²) >= 11 is 0. The number of carbonyl (C=O) groups is 2. The van der Waals surface area contributed by atoms with Gasteiger partial charge in [0.1, 0.15) is 0 Å². The van der Waals surface area contributed by atoms with Crippen molar-refractivity contribution in [1.29, 1.82) is 0 Å². The molecule has 134 valence electrons. The van der Waals surface area contributed by atoms with Crippen LogP contribution in [-0.4, -0.2) is 36.1 Å². The van der Waals surface area contributed by atoms with Crippen LogP contribution < -0.4 is 10.6 Å². The van der Waals surface area contributed by atoms with Crippen molar-refractivity contribution in [2.24, 2.45) is 5.92 Å². The Kier molecular flexibility index (Phi) is 6.95. The van der Waals surface area contributed by atoms with Gasteiger partial charge < -0.3 is 15.7 Å². The Labute approximate surface area is 148 Å². The number of amides is 2. The minimum Gasteiger partial charge on any atom is -0.396 e. The maximum atomic E-state index is 12.2. The topological polar surface area (TPSA) is 78.4 Å². The van der Waals surface area contributed by atoms with Gasteiger partial charge >= 0.3 is 0 Å². The van der Waals surface area contributed by atoms with Crippen molar-refractivity contribution in [3.8, 4) is 0 Å². The summed E-state index contributed by atoms with van der Waals surface area (Å²) in [5.41, 5.74) is 0.941. The van der Waals surface area contributed by atoms with Crippen LogP contribution in [0.25, 0.3) is 10.8 Å². The highest BCUT2D eigenvalue weighted by Gasteiger charge is 2.16. The maximum Gasteiger partial charge on any atom is 0.239 e. The van der Waals surface area contributed by atoms with Gasteiger partial charge in [0.25, 0.3) is 0 Å². The van der Waals surface area contributed by atoms with Crippen LogP contribution >= 0.6 is 0 Å². The Hall–Kier alpha value is -2.40. The van der Waals surface area contributed by atoms with Gasteiger partial charge in [0.15, 0.2) is 0 Å². The molecule has 0 radical (unpaired) electrons. The van der Waals surface area contributed by atoms with Crippen molar-refractivity contribution in [2.75, 3.05) is 13.2 Å². The summed E-state index contributed by atoms with van der Waals surface area (Å²) in [6.07, 6.45) is 0.742. The number of carbonyl (C=O) groups excluding carboxylic acids is 2. The molecule has 1 atom stereocenters. The van der Waals surface area contributed by atoms with Gasteiger partial charge in [0.05, 0.1) is 13.0 Å². The predicted molar refractivity (Wildman–Crippen MR) is 99.1 cm³/mol. The van der Waals surface area contributed by atoms with Crippen LogP contribution in [0.15, 0.2) is 42.5 Å². The molecule has 0 aromatic heterocycles. The summed E-state index contributed by atoms with van der Waals surface area (Å²) in [5.74, 6) is -0.198. The average molecular weight is 342 g/mol. The number of rotatable bonds is 8. The van der Waals surface area contributed by atoms with Crippen LogP contribution in [0.5, 0.6) is 0 Å². The molecule has 0 spiro atoms. The molecule has 0 bridgehead atoms. The lowest BCUT2D eigenvalue weighted by Crippen LogP contribution is -2.44. The van der Waals surface area contributed by atoms with Gasteiger partial charge in [-0.2, -0.15) is 0 Å². The lowest BCUT2D eigenvalue weighted by Gasteiger charge is -2.21. The zero-order valence-corrected chi connectivity index (χ0v) is 14.8. The first-order valence-corrected chi connectivity index (χ1v) is 8.65. The highest BCUT2D eigenvalue weighted by atomic mass is 16.3. The summed E-state index contributed by atoms with van der Waals surface area (Å²) in [5, 5.41) is 16.7. The van der Waals surface area contributed by atoms with Gasteiger partial charge in [-0.25, -0.2) is 0 Å². The van der Waals surface area contributed by atoms with Crippen LogP contribution in [0.1, 0.15) is 25.8 Å². The normalized spacial score (nSPS) is 12.2. The van der Waals surface area contributed by atoms with Crippen molar-refractivity contribution >= 4 is 22.6 Å². The summed E-state index contributed by atoms with van der Waals surface area (Å²) in [6, 6.07) is 13.7. The molecule has 1 unspecified atom stereocenters. The van der Waals surface area contributed by atoms with Crippen molar-refractivity contribution in [2.45, 2.75) is 32.7 Å². The molecule has 2 aromatic rings. The van der Waals surface area contributed by atoms with Crippen LogP contribution in [0.3, 0.4) is 0 Å². The second kappa shape index (κ2) is 9.18. The summed E-state index contributed by atoms with van der Waals surface area (Å²) in [6.45, 7) is 3.94. The molecule has 2 aromatic carbocycles. The lowest BCUT2D eigenvalue weighted by atomic mass is 10.0. The van der Waals surface area contributed by atoms with Crippen molar-refractivity contribution in [1.82, 2.24) is 10.6 Å². The Morgan fingerprint density at radius 1 is 1.04 bits per heavy atom. The van der Waals surface area contributed by atoms with E-state index < -0.39 is 0 Å². The van der Waals surface area contributed by atoms with Gasteiger partial charge in [-0.1, -0.05) is 56.3 Å². The first-order valence-electron chi connectivity index (χ1n) is 8.65. The first kappa shape index (κ1) is 18.9. The summed E-state index contributed by atoms with van der Waals surface area (Å²) in [7, 11) is 0. The SMILES string of the molecule is CC(C)C(CCO)NC(=O)CNC(=O)Cc1cccc2ccccc12. The van der Waals surface area contributed by atoms with E-state index in [9.17, 15) is 9.59 Å². The molecule has 5 heteroatoms. The first-order chi connectivity index (χ1) is 12.0. The number of hydrogen-bond acceptors (Lipinski definition) is 3. The minimum atomic E-state index is -0.238. The monoisotopic (exact) mass is 342 g/mol. The highest BCUT2D eigenvalue weighted by molar-refractivity contribution is 5.91. The third kappa shape index (κ3) is 5.57. The average Bonchev–Trinajstić information content (AvgIpc) is 2.60. The quantitative estimate of drug-likeness (QED) is 0.687. The number of nitrogens with one attached hydrogen (secondary N) is 2. The lowest BCUT2D eigenvalue weighted by molar-refractivity contribution is -0.126. The maximum absolute atomic E-state index is 12.2. The Morgan fingerprint density at radius 2 is 1.76 bits per heavy atom. The van der Waals surface area contributed by atoms with E-state index in [0.29, 0.717) is 6.42 Å². The van der Waals surface area contributed by atoms with E-state index in [-0.39, 0.29) is 43.3 Å². The Bertz CT molecular complexity index is 722. The molecule has 0 saturated carbocycles. The molecule has 0 aliphatic carbocycles. The van der Waals surface area contributed by atoms with Gasteiger partial charge in [0.2, 0.25) is 11.8 Å². The molecule has 2 amide bonds. The molecule has 0 heterocycles. The zero-order chi connectivity index (χ0) is 18.2. The van der Waals surface area contributed by atoms with E-state index in [0.717, 1.165) is 16.3 Å². The highest BCUT2D eigenvalue weighted by Crippen LogP contribution is 2.18. The number of fused-ring (bicyclic) bond motifs is 1. The molecule has 25 heavy (non-hydrogen) atoms. The number of aliphatic hydroxyl groups excluding tert-OH is 1. The van der Waals surface area contributed by atoms with E-state index >= 15 is 0 Å². The fourth-order valence-corrected chi connectivity index (χ4v) is 2.83. The van der Waals surface area contributed by atoms with E-state index in [4.69, 9.17) is 5.11 Å². The summed E-state index contributed by atoms with van der Waals surface area (Å²) in [4.78, 5) is 24.2. The zero-order valence-electron chi connectivity index (χ0n) is 14.8. The molecule has 5 nitrogen and oxygen atoms in total. The largest absolute Gasteiger partial charge is 0.396 e. The number of hydrogen-bond donors (Lipinski definition) is 3. The molecule has 2 rings (SSSR count). The van der Waals surface area contributed by atoms with Crippen LogP contribution in [0.2, 0.25) is 0 Å². The van der Waals surface area contributed by atoms with Crippen LogP contribution in [0.4, 0.5) is 0 Å². The van der Waals surface area contributed by atoms with Crippen molar-refractivity contribution < 1.29 is 14.7 Å². The third-order valence-corrected chi connectivity index (χ3v) is 4.27. The fraction of sp³-hybridized carbons (Fsp3) is 0.400. The fourth-order valence-electron chi connectivity index (χ4n) is 2.83. The molecule has 0 saturated heterocycles. The van der Waals surface area contributed by atoms with E-state index in [1.54, 1.807) is 0 Å². The van der Waals surface area contributed by atoms with Crippen molar-refractivity contribution in [3.63, 3.8) is 0 Å². The van der Waals surface area contributed by atoms with Gasteiger partial charge in [-0.15, -0.1) is 0 Å². The smallest absolute Gasteiger partial charge is 0.239 e. The molecule has 0 fully saturated rings. The Morgan fingerprint density at radius 3 is 2.48 bits per heavy atom. The van der Waals surface area contributed by atoms with E-state index in [1.165, 1.54) is 0 Å². The standard InChI is InChI=1S/C20H26N2O3/c1-14(2)18(10-11-23)22-20(25)13-21-19(24)12-16-8-5-7-15-6-3-4-9-17(15)16/h3-9,14,18,23H,10-13H2,1-2H3,(H,21,24)(H,22,25). The second-order valence-electron chi connectivity index (χ2n) is 6.52.